The Morgan fingerprint density at radius 2 is 2.50 bits per heavy atom. The van der Waals surface area contributed by atoms with E-state index in [-0.39, 0.29) is 10.7 Å². The summed E-state index contributed by atoms with van der Waals surface area (Å²) in [6.45, 7) is 0. The summed E-state index contributed by atoms with van der Waals surface area (Å²) in [7, 11) is 0. The Bertz CT molecular complexity index is 264. The van der Waals surface area contributed by atoms with Crippen molar-refractivity contribution in [2.45, 2.75) is 0 Å². The van der Waals surface area contributed by atoms with Crippen molar-refractivity contribution >= 4 is 17.3 Å². The van der Waals surface area contributed by atoms with E-state index in [1.807, 2.05) is 0 Å². The molecule has 10 heavy (non-hydrogen) atoms. The van der Waals surface area contributed by atoms with Crippen molar-refractivity contribution < 1.29 is 4.92 Å². The third-order valence-electron chi connectivity index (χ3n) is 0.875. The fourth-order valence-electron chi connectivity index (χ4n) is 0.461. The zero-order valence-corrected chi connectivity index (χ0v) is 5.50. The second-order valence-electron chi connectivity index (χ2n) is 1.51. The van der Waals surface area contributed by atoms with Gasteiger partial charge in [-0.25, -0.2) is 4.98 Å². The van der Waals surface area contributed by atoms with E-state index in [1.54, 1.807) is 0 Å². The molecule has 0 aliphatic heterocycles. The zero-order chi connectivity index (χ0) is 7.56. The molecule has 4 nitrogen and oxygen atoms in total. The number of pyridine rings is 1. The molecule has 0 atom stereocenters. The number of hydrogen-bond donors (Lipinski definition) is 0. The molecule has 0 saturated heterocycles. The summed E-state index contributed by atoms with van der Waals surface area (Å²) in [5, 5.41) is 10.1. The lowest BCUT2D eigenvalue weighted by Crippen LogP contribution is -1.89. The molecule has 1 rings (SSSR count). The number of nitro groups is 1. The monoisotopic (exact) mass is 157 g/mol. The molecule has 0 aromatic carbocycles. The van der Waals surface area contributed by atoms with Crippen molar-refractivity contribution in [1.29, 1.82) is 0 Å². The van der Waals surface area contributed by atoms with Gasteiger partial charge < -0.3 is 0 Å². The van der Waals surface area contributed by atoms with Crippen LogP contribution in [0, 0.1) is 16.3 Å². The summed E-state index contributed by atoms with van der Waals surface area (Å²) >= 11 is 5.41. The van der Waals surface area contributed by atoms with E-state index >= 15 is 0 Å². The summed E-state index contributed by atoms with van der Waals surface area (Å²) in [6.07, 6.45) is 3.50. The molecule has 5 heteroatoms. The first-order chi connectivity index (χ1) is 4.72. The van der Waals surface area contributed by atoms with Crippen molar-refractivity contribution in [2.24, 2.45) is 0 Å². The predicted molar refractivity (Wildman–Crippen MR) is 34.7 cm³/mol. The Morgan fingerprint density at radius 3 is 2.90 bits per heavy atom. The smallest absolute Gasteiger partial charge is 0.258 e. The van der Waals surface area contributed by atoms with Crippen molar-refractivity contribution in [2.75, 3.05) is 0 Å². The Hall–Kier alpha value is -1.16. The van der Waals surface area contributed by atoms with Crippen molar-refractivity contribution in [3.05, 3.63) is 33.6 Å². The first-order valence-corrected chi connectivity index (χ1v) is 2.76. The molecule has 0 fully saturated rings. The maximum Gasteiger partial charge on any atom is 0.315 e. The lowest BCUT2D eigenvalue weighted by atomic mass is 10.4. The minimum atomic E-state index is -0.630. The van der Waals surface area contributed by atoms with E-state index in [2.05, 4.69) is 11.2 Å². The fraction of sp³-hybridized carbons (Fsp3) is 0. The Morgan fingerprint density at radius 1 is 1.80 bits per heavy atom. The maximum absolute atomic E-state index is 10.1. The molecule has 0 N–H and O–H groups in total. The number of nitrogens with zero attached hydrogens (tertiary/aromatic N) is 2. The van der Waals surface area contributed by atoms with Gasteiger partial charge in [-0.05, 0) is 6.07 Å². The zero-order valence-electron chi connectivity index (χ0n) is 4.74. The SMILES string of the molecule is O=[N+]([O-])c1[c]nccc1Cl. The molecule has 1 heterocycles. The summed E-state index contributed by atoms with van der Waals surface area (Å²) in [4.78, 5) is 12.9. The van der Waals surface area contributed by atoms with Gasteiger partial charge in [0.05, 0.1) is 4.92 Å². The van der Waals surface area contributed by atoms with Crippen LogP contribution in [0.25, 0.3) is 0 Å². The van der Waals surface area contributed by atoms with Gasteiger partial charge in [0.2, 0.25) is 0 Å². The molecule has 0 unspecified atom stereocenters. The van der Waals surface area contributed by atoms with Gasteiger partial charge in [0.1, 0.15) is 5.02 Å². The van der Waals surface area contributed by atoms with Gasteiger partial charge in [-0.2, -0.15) is 0 Å². The van der Waals surface area contributed by atoms with Crippen LogP contribution in [0.15, 0.2) is 12.3 Å². The maximum atomic E-state index is 10.1. The van der Waals surface area contributed by atoms with Gasteiger partial charge in [-0.15, -0.1) is 0 Å². The molecule has 0 aliphatic carbocycles. The van der Waals surface area contributed by atoms with Gasteiger partial charge in [-0.3, -0.25) is 10.1 Å². The van der Waals surface area contributed by atoms with Crippen LogP contribution in [-0.4, -0.2) is 9.91 Å². The first-order valence-electron chi connectivity index (χ1n) is 2.38. The van der Waals surface area contributed by atoms with E-state index in [1.165, 1.54) is 12.3 Å². The van der Waals surface area contributed by atoms with E-state index in [4.69, 9.17) is 11.6 Å². The van der Waals surface area contributed by atoms with E-state index < -0.39 is 4.92 Å². The van der Waals surface area contributed by atoms with E-state index in [0.717, 1.165) is 0 Å². The Labute approximate surface area is 61.6 Å². The standard InChI is InChI=1S/C5H2ClN2O2/c6-4-1-2-7-3-5(4)8(9)10/h1-2H. The molecule has 0 amide bonds. The van der Waals surface area contributed by atoms with Gasteiger partial charge in [0, 0.05) is 6.20 Å². The topological polar surface area (TPSA) is 56.0 Å². The minimum Gasteiger partial charge on any atom is -0.258 e. The number of hydrogen-bond acceptors (Lipinski definition) is 3. The highest BCUT2D eigenvalue weighted by molar-refractivity contribution is 6.32. The average molecular weight is 158 g/mol. The highest BCUT2D eigenvalue weighted by atomic mass is 35.5. The molecule has 1 aromatic heterocycles. The number of rotatable bonds is 1. The Kier molecular flexibility index (Phi) is 1.82. The molecule has 0 spiro atoms. The predicted octanol–water partition coefficient (Wildman–Crippen LogP) is 1.44. The third-order valence-corrected chi connectivity index (χ3v) is 1.18. The summed E-state index contributed by atoms with van der Waals surface area (Å²) in [5.41, 5.74) is -0.288. The summed E-state index contributed by atoms with van der Waals surface area (Å²) in [5.74, 6) is 0. The number of halogens is 1. The van der Waals surface area contributed by atoms with Crippen LogP contribution in [0.2, 0.25) is 5.02 Å². The van der Waals surface area contributed by atoms with Crippen LogP contribution in [0.3, 0.4) is 0 Å². The van der Waals surface area contributed by atoms with Gasteiger partial charge in [0.15, 0.2) is 6.20 Å². The van der Waals surface area contributed by atoms with Crippen LogP contribution >= 0.6 is 11.6 Å². The first kappa shape index (κ1) is 6.95. The Balaban J connectivity index is 3.15. The highest BCUT2D eigenvalue weighted by Gasteiger charge is 2.10. The van der Waals surface area contributed by atoms with Crippen LogP contribution in [0.4, 0.5) is 5.69 Å². The van der Waals surface area contributed by atoms with Crippen LogP contribution < -0.4 is 0 Å². The van der Waals surface area contributed by atoms with Crippen molar-refractivity contribution in [1.82, 2.24) is 4.98 Å². The van der Waals surface area contributed by atoms with Gasteiger partial charge in [0.25, 0.3) is 0 Å². The normalized spacial score (nSPS) is 9.30. The van der Waals surface area contributed by atoms with Crippen molar-refractivity contribution in [3.63, 3.8) is 0 Å². The molecule has 1 aromatic rings. The largest absolute Gasteiger partial charge is 0.315 e. The quantitative estimate of drug-likeness (QED) is 0.458. The van der Waals surface area contributed by atoms with Crippen LogP contribution in [0.1, 0.15) is 0 Å². The van der Waals surface area contributed by atoms with Gasteiger partial charge in [-0.1, -0.05) is 11.6 Å². The third kappa shape index (κ3) is 1.22. The highest BCUT2D eigenvalue weighted by Crippen LogP contribution is 2.20. The minimum absolute atomic E-state index is 0.0556. The molecule has 51 valence electrons. The second-order valence-corrected chi connectivity index (χ2v) is 1.92. The molecular formula is C5H2ClN2O2. The summed E-state index contributed by atoms with van der Waals surface area (Å²) < 4.78 is 0. The lowest BCUT2D eigenvalue weighted by molar-refractivity contribution is -0.385. The van der Waals surface area contributed by atoms with Crippen molar-refractivity contribution in [3.8, 4) is 0 Å². The second kappa shape index (κ2) is 2.62. The number of aromatic nitrogens is 1. The molecule has 0 saturated carbocycles. The van der Waals surface area contributed by atoms with E-state index in [9.17, 15) is 10.1 Å². The average Bonchev–Trinajstić information content (AvgIpc) is 1.88. The molecule has 0 bridgehead atoms. The fourth-order valence-corrected chi connectivity index (χ4v) is 0.629. The lowest BCUT2D eigenvalue weighted by Gasteiger charge is -1.89. The van der Waals surface area contributed by atoms with E-state index in [0.29, 0.717) is 0 Å². The molecular weight excluding hydrogens is 156 g/mol. The summed E-state index contributed by atoms with van der Waals surface area (Å²) in [6, 6.07) is 1.34. The molecule has 1 radical (unpaired) electrons. The van der Waals surface area contributed by atoms with Crippen LogP contribution in [0.5, 0.6) is 0 Å². The van der Waals surface area contributed by atoms with Crippen LogP contribution in [-0.2, 0) is 0 Å². The van der Waals surface area contributed by atoms with Gasteiger partial charge >= 0.3 is 5.69 Å². The molecule has 0 aliphatic rings.